The van der Waals surface area contributed by atoms with Crippen molar-refractivity contribution in [1.29, 1.82) is 0 Å². The Labute approximate surface area is 142 Å². The molecule has 0 radical (unpaired) electrons. The molecule has 0 bridgehead atoms. The number of hydrogen-bond acceptors (Lipinski definition) is 5. The third kappa shape index (κ3) is 3.26. The SMILES string of the molecule is CN1CCN(C(=O)c2cc(-c3cnc(N(C)C)nc3)cn2C)CC1. The van der Waals surface area contributed by atoms with Gasteiger partial charge in [-0.1, -0.05) is 0 Å². The molecule has 2 aromatic rings. The van der Waals surface area contributed by atoms with Crippen LogP contribution in [0.4, 0.5) is 5.95 Å². The zero-order valence-electron chi connectivity index (χ0n) is 14.7. The standard InChI is InChI=1S/C17H24N6O/c1-20(2)17-18-10-14(11-19-17)13-9-15(22(4)12-13)16(24)23-7-5-21(3)6-8-23/h9-12H,5-8H2,1-4H3. The smallest absolute Gasteiger partial charge is 0.270 e. The van der Waals surface area contributed by atoms with Crippen molar-refractivity contribution < 1.29 is 4.79 Å². The van der Waals surface area contributed by atoms with E-state index in [0.29, 0.717) is 11.6 Å². The third-order valence-corrected chi connectivity index (χ3v) is 4.39. The van der Waals surface area contributed by atoms with Crippen LogP contribution >= 0.6 is 0 Å². The molecule has 3 heterocycles. The molecule has 2 aromatic heterocycles. The molecule has 0 atom stereocenters. The summed E-state index contributed by atoms with van der Waals surface area (Å²) >= 11 is 0. The Hall–Kier alpha value is -2.41. The Bertz CT molecular complexity index is 713. The van der Waals surface area contributed by atoms with Crippen LogP contribution in [0.5, 0.6) is 0 Å². The second kappa shape index (κ2) is 6.60. The average molecular weight is 328 g/mol. The highest BCUT2D eigenvalue weighted by atomic mass is 16.2. The zero-order chi connectivity index (χ0) is 17.3. The topological polar surface area (TPSA) is 57.5 Å². The molecule has 1 saturated heterocycles. The predicted molar refractivity (Wildman–Crippen MR) is 94.2 cm³/mol. The maximum Gasteiger partial charge on any atom is 0.270 e. The monoisotopic (exact) mass is 328 g/mol. The van der Waals surface area contributed by atoms with E-state index in [1.165, 1.54) is 0 Å². The number of carbonyl (C=O) groups excluding carboxylic acids is 1. The van der Waals surface area contributed by atoms with Crippen LogP contribution in [0.2, 0.25) is 0 Å². The fraction of sp³-hybridized carbons (Fsp3) is 0.471. The number of carbonyl (C=O) groups is 1. The minimum Gasteiger partial charge on any atom is -0.347 e. The lowest BCUT2D eigenvalue weighted by atomic mass is 10.2. The average Bonchev–Trinajstić information content (AvgIpc) is 2.97. The molecule has 0 unspecified atom stereocenters. The number of aryl methyl sites for hydroxylation is 1. The van der Waals surface area contributed by atoms with Crippen molar-refractivity contribution in [3.63, 3.8) is 0 Å². The Morgan fingerprint density at radius 3 is 2.25 bits per heavy atom. The number of nitrogens with zero attached hydrogens (tertiary/aromatic N) is 6. The molecule has 128 valence electrons. The van der Waals surface area contributed by atoms with Crippen LogP contribution in [0.25, 0.3) is 11.1 Å². The van der Waals surface area contributed by atoms with E-state index in [9.17, 15) is 4.79 Å². The summed E-state index contributed by atoms with van der Waals surface area (Å²) in [5.41, 5.74) is 2.57. The molecular weight excluding hydrogens is 304 g/mol. The first-order chi connectivity index (χ1) is 11.5. The molecule has 3 rings (SSSR count). The number of rotatable bonds is 3. The fourth-order valence-corrected chi connectivity index (χ4v) is 2.81. The summed E-state index contributed by atoms with van der Waals surface area (Å²) in [7, 11) is 7.80. The molecule has 7 heteroatoms. The van der Waals surface area contributed by atoms with Gasteiger partial charge in [-0.15, -0.1) is 0 Å². The Kier molecular flexibility index (Phi) is 4.53. The molecule has 0 saturated carbocycles. The molecule has 0 spiro atoms. The summed E-state index contributed by atoms with van der Waals surface area (Å²) in [6.45, 7) is 3.39. The molecule has 1 aliphatic rings. The van der Waals surface area contributed by atoms with E-state index in [0.717, 1.165) is 37.3 Å². The first-order valence-corrected chi connectivity index (χ1v) is 8.09. The maximum atomic E-state index is 12.8. The minimum absolute atomic E-state index is 0.0858. The normalized spacial score (nSPS) is 15.6. The van der Waals surface area contributed by atoms with Crippen molar-refractivity contribution in [2.45, 2.75) is 0 Å². The van der Waals surface area contributed by atoms with Crippen LogP contribution in [0.15, 0.2) is 24.7 Å². The predicted octanol–water partition coefficient (Wildman–Crippen LogP) is 0.936. The van der Waals surface area contributed by atoms with E-state index < -0.39 is 0 Å². The number of likely N-dealkylation sites (N-methyl/N-ethyl adjacent to an activating group) is 1. The second-order valence-corrected chi connectivity index (χ2v) is 6.49. The van der Waals surface area contributed by atoms with E-state index in [-0.39, 0.29) is 5.91 Å². The van der Waals surface area contributed by atoms with E-state index in [1.54, 1.807) is 12.4 Å². The van der Waals surface area contributed by atoms with Crippen LogP contribution < -0.4 is 4.90 Å². The van der Waals surface area contributed by atoms with Crippen molar-refractivity contribution in [3.05, 3.63) is 30.4 Å². The first-order valence-electron chi connectivity index (χ1n) is 8.09. The van der Waals surface area contributed by atoms with Gasteiger partial charge in [0.2, 0.25) is 5.95 Å². The van der Waals surface area contributed by atoms with Crippen molar-refractivity contribution >= 4 is 11.9 Å². The van der Waals surface area contributed by atoms with Gasteiger partial charge in [0.25, 0.3) is 5.91 Å². The van der Waals surface area contributed by atoms with Gasteiger partial charge in [0.1, 0.15) is 5.69 Å². The number of piperazine rings is 1. The summed E-state index contributed by atoms with van der Waals surface area (Å²) < 4.78 is 1.88. The maximum absolute atomic E-state index is 12.8. The van der Waals surface area contributed by atoms with E-state index in [2.05, 4.69) is 21.9 Å². The first kappa shape index (κ1) is 16.4. The van der Waals surface area contributed by atoms with Gasteiger partial charge in [-0.25, -0.2) is 9.97 Å². The minimum atomic E-state index is 0.0858. The van der Waals surface area contributed by atoms with Crippen LogP contribution in [-0.4, -0.2) is 77.6 Å². The largest absolute Gasteiger partial charge is 0.347 e. The van der Waals surface area contributed by atoms with Gasteiger partial charge in [0, 0.05) is 77.0 Å². The molecule has 1 aliphatic heterocycles. The van der Waals surface area contributed by atoms with Gasteiger partial charge in [-0.2, -0.15) is 0 Å². The quantitative estimate of drug-likeness (QED) is 0.839. The number of aromatic nitrogens is 3. The van der Waals surface area contributed by atoms with Gasteiger partial charge in [0.15, 0.2) is 0 Å². The molecule has 24 heavy (non-hydrogen) atoms. The molecule has 7 nitrogen and oxygen atoms in total. The van der Waals surface area contributed by atoms with Gasteiger partial charge < -0.3 is 19.3 Å². The van der Waals surface area contributed by atoms with Crippen molar-refractivity contribution in [1.82, 2.24) is 24.3 Å². The molecule has 0 aliphatic carbocycles. The number of amides is 1. The lowest BCUT2D eigenvalue weighted by molar-refractivity contribution is 0.0654. The summed E-state index contributed by atoms with van der Waals surface area (Å²) in [5.74, 6) is 0.756. The van der Waals surface area contributed by atoms with Gasteiger partial charge in [-0.3, -0.25) is 4.79 Å². The lowest BCUT2D eigenvalue weighted by Crippen LogP contribution is -2.47. The lowest BCUT2D eigenvalue weighted by Gasteiger charge is -2.32. The van der Waals surface area contributed by atoms with E-state index >= 15 is 0 Å². The zero-order valence-corrected chi connectivity index (χ0v) is 14.7. The fourth-order valence-electron chi connectivity index (χ4n) is 2.81. The van der Waals surface area contributed by atoms with Crippen molar-refractivity contribution in [2.75, 3.05) is 52.2 Å². The van der Waals surface area contributed by atoms with Crippen molar-refractivity contribution in [3.8, 4) is 11.1 Å². The van der Waals surface area contributed by atoms with Crippen LogP contribution in [0.1, 0.15) is 10.5 Å². The van der Waals surface area contributed by atoms with Gasteiger partial charge in [-0.05, 0) is 13.1 Å². The third-order valence-electron chi connectivity index (χ3n) is 4.39. The highest BCUT2D eigenvalue weighted by Crippen LogP contribution is 2.22. The number of hydrogen-bond donors (Lipinski definition) is 0. The summed E-state index contributed by atoms with van der Waals surface area (Å²) in [4.78, 5) is 27.5. The van der Waals surface area contributed by atoms with E-state index in [1.807, 2.05) is 47.8 Å². The molecule has 1 fully saturated rings. The molecule has 1 amide bonds. The van der Waals surface area contributed by atoms with Crippen molar-refractivity contribution in [2.24, 2.45) is 7.05 Å². The van der Waals surface area contributed by atoms with Crippen LogP contribution in [0, 0.1) is 0 Å². The van der Waals surface area contributed by atoms with Crippen LogP contribution in [0.3, 0.4) is 0 Å². The van der Waals surface area contributed by atoms with Gasteiger partial charge in [0.05, 0.1) is 0 Å². The highest BCUT2D eigenvalue weighted by molar-refractivity contribution is 5.94. The Morgan fingerprint density at radius 2 is 1.67 bits per heavy atom. The van der Waals surface area contributed by atoms with E-state index in [4.69, 9.17) is 0 Å². The van der Waals surface area contributed by atoms with Gasteiger partial charge >= 0.3 is 0 Å². The Balaban J connectivity index is 1.80. The molecule has 0 aromatic carbocycles. The Morgan fingerprint density at radius 1 is 1.04 bits per heavy atom. The van der Waals surface area contributed by atoms with Crippen LogP contribution in [-0.2, 0) is 7.05 Å². The highest BCUT2D eigenvalue weighted by Gasteiger charge is 2.23. The second-order valence-electron chi connectivity index (χ2n) is 6.49. The summed E-state index contributed by atoms with van der Waals surface area (Å²) in [5, 5.41) is 0. The molecular formula is C17H24N6O. The molecule has 0 N–H and O–H groups in total. The summed E-state index contributed by atoms with van der Waals surface area (Å²) in [6.07, 6.45) is 5.54. The number of anilines is 1. The summed E-state index contributed by atoms with van der Waals surface area (Å²) in [6, 6.07) is 1.93.